The van der Waals surface area contributed by atoms with Gasteiger partial charge >= 0.3 is 0 Å². The van der Waals surface area contributed by atoms with Gasteiger partial charge in [0.15, 0.2) is 0 Å². The predicted molar refractivity (Wildman–Crippen MR) is 83.5 cm³/mol. The summed E-state index contributed by atoms with van der Waals surface area (Å²) in [5, 5.41) is 3.81. The molecule has 1 heterocycles. The van der Waals surface area contributed by atoms with Gasteiger partial charge in [-0.3, -0.25) is 4.90 Å². The fourth-order valence-corrected chi connectivity index (χ4v) is 3.93. The van der Waals surface area contributed by atoms with Crippen LogP contribution in [0.2, 0.25) is 0 Å². The molecule has 2 rings (SSSR count). The van der Waals surface area contributed by atoms with E-state index >= 15 is 0 Å². The van der Waals surface area contributed by atoms with Crippen LogP contribution < -0.4 is 5.32 Å². The Bertz CT molecular complexity index is 277. The SMILES string of the molecule is CC(C)CCCN1CC(C)(C)NCC12CCCCC2. The third-order valence-electron chi connectivity index (χ3n) is 5.15. The number of rotatable bonds is 4. The van der Waals surface area contributed by atoms with Crippen LogP contribution in [0.3, 0.4) is 0 Å². The van der Waals surface area contributed by atoms with Crippen molar-refractivity contribution in [1.29, 1.82) is 0 Å². The molecule has 0 bridgehead atoms. The van der Waals surface area contributed by atoms with E-state index in [0.717, 1.165) is 5.92 Å². The summed E-state index contributed by atoms with van der Waals surface area (Å²) in [6, 6.07) is 0. The zero-order valence-electron chi connectivity index (χ0n) is 13.6. The van der Waals surface area contributed by atoms with Crippen molar-refractivity contribution >= 4 is 0 Å². The monoisotopic (exact) mass is 266 g/mol. The normalized spacial score (nSPS) is 27.0. The van der Waals surface area contributed by atoms with Gasteiger partial charge in [-0.25, -0.2) is 0 Å². The molecule has 0 unspecified atom stereocenters. The third-order valence-corrected chi connectivity index (χ3v) is 5.15. The van der Waals surface area contributed by atoms with Gasteiger partial charge in [0.25, 0.3) is 0 Å². The molecule has 112 valence electrons. The van der Waals surface area contributed by atoms with Crippen molar-refractivity contribution in [2.45, 2.75) is 83.7 Å². The summed E-state index contributed by atoms with van der Waals surface area (Å²) in [6.45, 7) is 13.2. The molecule has 1 saturated heterocycles. The van der Waals surface area contributed by atoms with Crippen molar-refractivity contribution in [3.05, 3.63) is 0 Å². The molecule has 1 aliphatic heterocycles. The summed E-state index contributed by atoms with van der Waals surface area (Å²) < 4.78 is 0. The van der Waals surface area contributed by atoms with Crippen molar-refractivity contribution < 1.29 is 0 Å². The van der Waals surface area contributed by atoms with Crippen molar-refractivity contribution in [3.63, 3.8) is 0 Å². The molecule has 0 aromatic heterocycles. The lowest BCUT2D eigenvalue weighted by molar-refractivity contribution is -0.0112. The zero-order chi connectivity index (χ0) is 13.9. The number of nitrogens with one attached hydrogen (secondary N) is 1. The molecule has 2 heteroatoms. The topological polar surface area (TPSA) is 15.3 Å². The molecule has 1 spiro atoms. The Morgan fingerprint density at radius 3 is 2.42 bits per heavy atom. The van der Waals surface area contributed by atoms with Crippen LogP contribution in [0.25, 0.3) is 0 Å². The smallest absolute Gasteiger partial charge is 0.0334 e. The first-order chi connectivity index (χ1) is 8.94. The Hall–Kier alpha value is -0.0800. The largest absolute Gasteiger partial charge is 0.309 e. The van der Waals surface area contributed by atoms with E-state index in [1.54, 1.807) is 0 Å². The fourth-order valence-electron chi connectivity index (χ4n) is 3.93. The number of hydrogen-bond acceptors (Lipinski definition) is 2. The van der Waals surface area contributed by atoms with Gasteiger partial charge in [-0.05, 0) is 52.0 Å². The highest BCUT2D eigenvalue weighted by molar-refractivity contribution is 5.03. The second kappa shape index (κ2) is 6.13. The minimum Gasteiger partial charge on any atom is -0.309 e. The molecule has 0 aromatic carbocycles. The van der Waals surface area contributed by atoms with E-state index in [1.165, 1.54) is 64.6 Å². The Labute approximate surface area is 120 Å². The van der Waals surface area contributed by atoms with E-state index in [2.05, 4.69) is 37.9 Å². The quantitative estimate of drug-likeness (QED) is 0.832. The highest BCUT2D eigenvalue weighted by Gasteiger charge is 2.43. The Kier molecular flexibility index (Phi) is 4.94. The van der Waals surface area contributed by atoms with Crippen LogP contribution in [0.5, 0.6) is 0 Å². The standard InChI is InChI=1S/C17H34N2/c1-15(2)9-8-12-19-14-16(3,4)18-13-17(19)10-6-5-7-11-17/h15,18H,5-14H2,1-4H3. The molecular formula is C17H34N2. The molecule has 1 saturated carbocycles. The maximum Gasteiger partial charge on any atom is 0.0334 e. The molecule has 0 radical (unpaired) electrons. The maximum atomic E-state index is 3.81. The Balaban J connectivity index is 1.99. The van der Waals surface area contributed by atoms with Crippen LogP contribution in [0.15, 0.2) is 0 Å². The molecule has 19 heavy (non-hydrogen) atoms. The summed E-state index contributed by atoms with van der Waals surface area (Å²) in [7, 11) is 0. The minimum atomic E-state index is 0.292. The molecule has 2 aliphatic rings. The first kappa shape index (κ1) is 15.3. The van der Waals surface area contributed by atoms with Crippen LogP contribution in [-0.2, 0) is 0 Å². The van der Waals surface area contributed by atoms with Crippen LogP contribution in [0.4, 0.5) is 0 Å². The predicted octanol–water partition coefficient (Wildman–Crippen LogP) is 3.81. The summed E-state index contributed by atoms with van der Waals surface area (Å²) in [4.78, 5) is 2.85. The number of nitrogens with zero attached hydrogens (tertiary/aromatic N) is 1. The lowest BCUT2D eigenvalue weighted by atomic mass is 9.76. The van der Waals surface area contributed by atoms with Gasteiger partial charge < -0.3 is 5.32 Å². The van der Waals surface area contributed by atoms with E-state index < -0.39 is 0 Å². The molecule has 2 fully saturated rings. The van der Waals surface area contributed by atoms with Gasteiger partial charge in [0.1, 0.15) is 0 Å². The molecule has 0 aromatic rings. The van der Waals surface area contributed by atoms with Crippen molar-refractivity contribution in [2.75, 3.05) is 19.6 Å². The van der Waals surface area contributed by atoms with Crippen molar-refractivity contribution in [2.24, 2.45) is 5.92 Å². The van der Waals surface area contributed by atoms with Gasteiger partial charge in [-0.1, -0.05) is 33.1 Å². The highest BCUT2D eigenvalue weighted by atomic mass is 15.3. The van der Waals surface area contributed by atoms with Crippen molar-refractivity contribution in [1.82, 2.24) is 10.2 Å². The van der Waals surface area contributed by atoms with E-state index in [4.69, 9.17) is 0 Å². The second-order valence-electron chi connectivity index (χ2n) is 7.98. The zero-order valence-corrected chi connectivity index (χ0v) is 13.6. The Morgan fingerprint density at radius 1 is 1.11 bits per heavy atom. The minimum absolute atomic E-state index is 0.292. The maximum absolute atomic E-state index is 3.81. The van der Waals surface area contributed by atoms with Crippen LogP contribution in [0.1, 0.15) is 72.6 Å². The summed E-state index contributed by atoms with van der Waals surface area (Å²) in [6.07, 6.45) is 9.89. The first-order valence-electron chi connectivity index (χ1n) is 8.44. The molecule has 2 nitrogen and oxygen atoms in total. The van der Waals surface area contributed by atoms with Gasteiger partial charge in [-0.2, -0.15) is 0 Å². The fraction of sp³-hybridized carbons (Fsp3) is 1.00. The number of hydrogen-bond donors (Lipinski definition) is 1. The second-order valence-corrected chi connectivity index (χ2v) is 7.98. The van der Waals surface area contributed by atoms with E-state index in [1.807, 2.05) is 0 Å². The van der Waals surface area contributed by atoms with Crippen LogP contribution >= 0.6 is 0 Å². The third kappa shape index (κ3) is 3.95. The van der Waals surface area contributed by atoms with Crippen LogP contribution in [0, 0.1) is 5.92 Å². The van der Waals surface area contributed by atoms with E-state index in [9.17, 15) is 0 Å². The Morgan fingerprint density at radius 2 is 1.79 bits per heavy atom. The lowest BCUT2D eigenvalue weighted by Crippen LogP contribution is -2.68. The molecule has 1 aliphatic carbocycles. The summed E-state index contributed by atoms with van der Waals surface area (Å²) in [5.74, 6) is 0.846. The van der Waals surface area contributed by atoms with E-state index in [-0.39, 0.29) is 0 Å². The lowest BCUT2D eigenvalue weighted by Gasteiger charge is -2.54. The van der Waals surface area contributed by atoms with E-state index in [0.29, 0.717) is 11.1 Å². The van der Waals surface area contributed by atoms with Gasteiger partial charge in [-0.15, -0.1) is 0 Å². The van der Waals surface area contributed by atoms with Gasteiger partial charge in [0.05, 0.1) is 0 Å². The van der Waals surface area contributed by atoms with Crippen molar-refractivity contribution in [3.8, 4) is 0 Å². The van der Waals surface area contributed by atoms with Gasteiger partial charge in [0.2, 0.25) is 0 Å². The molecule has 1 N–H and O–H groups in total. The summed E-state index contributed by atoms with van der Waals surface area (Å²) in [5.41, 5.74) is 0.783. The highest BCUT2D eigenvalue weighted by Crippen LogP contribution is 2.37. The van der Waals surface area contributed by atoms with Gasteiger partial charge in [0, 0.05) is 24.2 Å². The molecule has 0 atom stereocenters. The number of piperazine rings is 1. The average Bonchev–Trinajstić information content (AvgIpc) is 2.35. The first-order valence-corrected chi connectivity index (χ1v) is 8.44. The summed E-state index contributed by atoms with van der Waals surface area (Å²) >= 11 is 0. The average molecular weight is 266 g/mol. The molecular weight excluding hydrogens is 232 g/mol. The molecule has 0 amide bonds. The van der Waals surface area contributed by atoms with Crippen LogP contribution in [-0.4, -0.2) is 35.6 Å².